The van der Waals surface area contributed by atoms with E-state index in [2.05, 4.69) is 55.3 Å². The van der Waals surface area contributed by atoms with Crippen LogP contribution in [0.1, 0.15) is 26.3 Å². The third-order valence-electron chi connectivity index (χ3n) is 6.59. The summed E-state index contributed by atoms with van der Waals surface area (Å²) >= 11 is 0. The highest BCUT2D eigenvalue weighted by Crippen LogP contribution is 2.34. The van der Waals surface area contributed by atoms with Gasteiger partial charge >= 0.3 is 0 Å². The smallest absolute Gasteiger partial charge is 0.247 e. The molecule has 4 rings (SSSR count). The van der Waals surface area contributed by atoms with Gasteiger partial charge in [-0.15, -0.1) is 0 Å². The number of rotatable bonds is 11. The zero-order chi connectivity index (χ0) is 29.4. The minimum atomic E-state index is -0.332. The van der Waals surface area contributed by atoms with Gasteiger partial charge in [-0.05, 0) is 56.8 Å². The molecule has 1 aliphatic rings. The van der Waals surface area contributed by atoms with Crippen molar-refractivity contribution in [3.8, 4) is 17.6 Å². The number of likely N-dealkylation sites (N-methyl/N-ethyl adjacent to an activating group) is 1. The van der Waals surface area contributed by atoms with Crippen LogP contribution in [0.3, 0.4) is 0 Å². The van der Waals surface area contributed by atoms with Crippen molar-refractivity contribution in [1.29, 1.82) is 5.26 Å². The van der Waals surface area contributed by atoms with E-state index in [-0.39, 0.29) is 23.5 Å². The molecule has 0 aliphatic carbocycles. The van der Waals surface area contributed by atoms with Gasteiger partial charge in [0.15, 0.2) is 5.82 Å². The van der Waals surface area contributed by atoms with E-state index in [4.69, 9.17) is 9.47 Å². The Kier molecular flexibility index (Phi) is 9.60. The van der Waals surface area contributed by atoms with Gasteiger partial charge in [-0.2, -0.15) is 10.2 Å². The summed E-state index contributed by atoms with van der Waals surface area (Å²) in [5.41, 5.74) is 3.04. The number of carbonyl (C=O) groups is 1. The molecule has 0 bridgehead atoms. The van der Waals surface area contributed by atoms with Crippen LogP contribution in [0.25, 0.3) is 0 Å². The first-order valence-electron chi connectivity index (χ1n) is 13.5. The predicted molar refractivity (Wildman–Crippen MR) is 162 cm³/mol. The van der Waals surface area contributed by atoms with Crippen LogP contribution in [-0.2, 0) is 4.79 Å². The minimum Gasteiger partial charge on any atom is -0.497 e. The van der Waals surface area contributed by atoms with Gasteiger partial charge < -0.3 is 35.2 Å². The molecular weight excluding hydrogens is 520 g/mol. The number of aromatic nitrogens is 2. The first-order valence-corrected chi connectivity index (χ1v) is 13.5. The van der Waals surface area contributed by atoms with Crippen molar-refractivity contribution in [2.45, 2.75) is 26.9 Å². The van der Waals surface area contributed by atoms with E-state index in [9.17, 15) is 10.1 Å². The van der Waals surface area contributed by atoms with E-state index in [0.29, 0.717) is 34.4 Å². The van der Waals surface area contributed by atoms with Crippen LogP contribution < -0.4 is 30.3 Å². The third-order valence-corrected chi connectivity index (χ3v) is 6.59. The summed E-state index contributed by atoms with van der Waals surface area (Å²) in [7, 11) is 1.59. The van der Waals surface area contributed by atoms with Crippen molar-refractivity contribution in [2.75, 3.05) is 60.7 Å². The number of ether oxygens (including phenoxy) is 2. The van der Waals surface area contributed by atoms with E-state index < -0.39 is 0 Å². The Morgan fingerprint density at radius 2 is 1.88 bits per heavy atom. The Balaban J connectivity index is 1.62. The maximum absolute atomic E-state index is 12.3. The monoisotopic (exact) mass is 556 g/mol. The number of hydrogen-bond acceptors (Lipinski definition) is 10. The van der Waals surface area contributed by atoms with Crippen LogP contribution >= 0.6 is 0 Å². The molecular formula is C30H36N8O3. The number of nitrogens with one attached hydrogen (secondary N) is 3. The number of amides is 1. The molecule has 214 valence electrons. The van der Waals surface area contributed by atoms with Gasteiger partial charge in [-0.1, -0.05) is 13.5 Å². The van der Waals surface area contributed by atoms with Crippen LogP contribution in [0.4, 0.5) is 34.5 Å². The van der Waals surface area contributed by atoms with Gasteiger partial charge in [-0.25, -0.2) is 4.98 Å². The predicted octanol–water partition coefficient (Wildman–Crippen LogP) is 4.90. The summed E-state index contributed by atoms with van der Waals surface area (Å²) in [6.45, 7) is 14.4. The molecule has 41 heavy (non-hydrogen) atoms. The molecule has 0 atom stereocenters. The molecule has 3 aromatic rings. The number of methoxy groups -OCH3 is 1. The number of nitrogens with zero attached hydrogens (tertiary/aromatic N) is 5. The molecule has 1 aromatic heterocycles. The Morgan fingerprint density at radius 3 is 2.54 bits per heavy atom. The summed E-state index contributed by atoms with van der Waals surface area (Å²) in [6, 6.07) is 13.3. The molecule has 11 heteroatoms. The molecule has 0 unspecified atom stereocenters. The Hall–Kier alpha value is -4.82. The Morgan fingerprint density at radius 1 is 1.12 bits per heavy atom. The van der Waals surface area contributed by atoms with Crippen molar-refractivity contribution in [3.05, 3.63) is 60.8 Å². The molecule has 1 aliphatic heterocycles. The highest BCUT2D eigenvalue weighted by molar-refractivity contribution is 6.02. The van der Waals surface area contributed by atoms with Crippen LogP contribution in [0.2, 0.25) is 0 Å². The molecule has 3 N–H and O–H groups in total. The van der Waals surface area contributed by atoms with Gasteiger partial charge in [0.25, 0.3) is 0 Å². The lowest BCUT2D eigenvalue weighted by atomic mass is 10.2. The van der Waals surface area contributed by atoms with Crippen LogP contribution in [0.15, 0.2) is 55.3 Å². The van der Waals surface area contributed by atoms with E-state index in [1.165, 1.54) is 12.3 Å². The molecule has 1 fully saturated rings. The first kappa shape index (κ1) is 29.2. The zero-order valence-corrected chi connectivity index (χ0v) is 23.9. The summed E-state index contributed by atoms with van der Waals surface area (Å²) in [4.78, 5) is 25.9. The number of nitriles is 1. The lowest BCUT2D eigenvalue weighted by Crippen LogP contribution is -2.46. The maximum atomic E-state index is 12.3. The lowest BCUT2D eigenvalue weighted by Gasteiger charge is -2.35. The average Bonchev–Trinajstić information content (AvgIpc) is 2.98. The van der Waals surface area contributed by atoms with Crippen molar-refractivity contribution in [3.63, 3.8) is 0 Å². The molecule has 1 saturated heterocycles. The second-order valence-electron chi connectivity index (χ2n) is 9.69. The quantitative estimate of drug-likeness (QED) is 0.281. The normalized spacial score (nSPS) is 13.3. The molecule has 2 aromatic carbocycles. The van der Waals surface area contributed by atoms with Crippen molar-refractivity contribution in [1.82, 2.24) is 14.9 Å². The van der Waals surface area contributed by atoms with Gasteiger partial charge in [0.05, 0.1) is 36.5 Å². The number of hydrogen-bond donors (Lipinski definition) is 3. The van der Waals surface area contributed by atoms with Crippen molar-refractivity contribution >= 4 is 40.4 Å². The van der Waals surface area contributed by atoms with Crippen molar-refractivity contribution in [2.24, 2.45) is 0 Å². The zero-order valence-electron chi connectivity index (χ0n) is 23.9. The molecule has 1 amide bonds. The highest BCUT2D eigenvalue weighted by Gasteiger charge is 2.18. The largest absolute Gasteiger partial charge is 0.497 e. The molecule has 0 radical (unpaired) electrons. The molecule has 11 nitrogen and oxygen atoms in total. The Bertz CT molecular complexity index is 1430. The van der Waals surface area contributed by atoms with Crippen LogP contribution in [0, 0.1) is 11.3 Å². The fourth-order valence-electron chi connectivity index (χ4n) is 4.40. The molecule has 2 heterocycles. The SMILES string of the molecule is C=CC(=O)Nc1cc(N2CCN(CC)CC2)ccc1Nc1ncc(C#N)c(Nc2ccc(OC)cc2OC(C)C)n1. The number of anilines is 6. The maximum Gasteiger partial charge on any atom is 0.247 e. The van der Waals surface area contributed by atoms with Gasteiger partial charge in [0, 0.05) is 37.9 Å². The third kappa shape index (κ3) is 7.43. The van der Waals surface area contributed by atoms with Crippen LogP contribution in [-0.4, -0.2) is 66.7 Å². The minimum absolute atomic E-state index is 0.0802. The second kappa shape index (κ2) is 13.5. The van der Waals surface area contributed by atoms with E-state index in [1.807, 2.05) is 32.0 Å². The van der Waals surface area contributed by atoms with E-state index >= 15 is 0 Å². The fourth-order valence-corrected chi connectivity index (χ4v) is 4.40. The van der Waals surface area contributed by atoms with Crippen LogP contribution in [0.5, 0.6) is 11.5 Å². The lowest BCUT2D eigenvalue weighted by molar-refractivity contribution is -0.111. The number of benzene rings is 2. The van der Waals surface area contributed by atoms with E-state index in [0.717, 1.165) is 38.4 Å². The summed E-state index contributed by atoms with van der Waals surface area (Å²) in [5, 5.41) is 19.0. The number of carbonyl (C=O) groups excluding carboxylic acids is 1. The average molecular weight is 557 g/mol. The highest BCUT2D eigenvalue weighted by atomic mass is 16.5. The van der Waals surface area contributed by atoms with Crippen molar-refractivity contribution < 1.29 is 14.3 Å². The molecule has 0 spiro atoms. The summed E-state index contributed by atoms with van der Waals surface area (Å²) in [6.07, 6.45) is 2.58. The first-order chi connectivity index (χ1) is 19.8. The van der Waals surface area contributed by atoms with E-state index in [1.54, 1.807) is 25.3 Å². The standard InChI is InChI=1S/C30H36N8O3/c1-6-28(39)33-26-16-22(38-14-12-37(7-2)13-15-38)8-10-24(26)35-30-32-19-21(18-31)29(36-30)34-25-11-9-23(40-5)17-27(25)41-20(3)4/h6,8-11,16-17,19-20H,1,7,12-15H2,2-5H3,(H,33,39)(H2,32,34,35,36). The molecule has 0 saturated carbocycles. The van der Waals surface area contributed by atoms with Gasteiger partial charge in [-0.3, -0.25) is 4.79 Å². The Labute approximate surface area is 240 Å². The van der Waals surface area contributed by atoms with Gasteiger partial charge in [0.1, 0.15) is 23.1 Å². The fraction of sp³-hybridized carbons (Fsp3) is 0.333. The summed E-state index contributed by atoms with van der Waals surface area (Å²) < 4.78 is 11.3. The second-order valence-corrected chi connectivity index (χ2v) is 9.69. The summed E-state index contributed by atoms with van der Waals surface area (Å²) in [5.74, 6) is 1.40. The topological polar surface area (TPSA) is 128 Å². The van der Waals surface area contributed by atoms with Gasteiger partial charge in [0.2, 0.25) is 11.9 Å². The number of piperazine rings is 1.